The molecule has 4 rings (SSSR count). The second-order valence-corrected chi connectivity index (χ2v) is 8.04. The Balaban J connectivity index is 1.45. The average molecular weight is 430 g/mol. The van der Waals surface area contributed by atoms with Crippen LogP contribution >= 0.6 is 11.5 Å². The molecule has 0 bridgehead atoms. The molecule has 4 aromatic rings. The Bertz CT molecular complexity index is 1160. The van der Waals surface area contributed by atoms with Crippen LogP contribution in [-0.4, -0.2) is 15.3 Å². The summed E-state index contributed by atoms with van der Waals surface area (Å²) in [5, 5.41) is 3.50. The molecule has 5 nitrogen and oxygen atoms in total. The normalized spacial score (nSPS) is 11.7. The first kappa shape index (κ1) is 20.8. The van der Waals surface area contributed by atoms with E-state index in [0.29, 0.717) is 22.9 Å². The van der Waals surface area contributed by atoms with Crippen LogP contribution in [0.15, 0.2) is 78.9 Å². The van der Waals surface area contributed by atoms with Crippen molar-refractivity contribution in [2.24, 2.45) is 0 Å². The molecule has 0 fully saturated rings. The number of hydrogen-bond donors (Lipinski definition) is 1. The van der Waals surface area contributed by atoms with E-state index in [2.05, 4.69) is 14.7 Å². The van der Waals surface area contributed by atoms with Crippen molar-refractivity contribution in [1.82, 2.24) is 14.7 Å². The summed E-state index contributed by atoms with van der Waals surface area (Å²) in [6.07, 6.45) is 0.652. The van der Waals surface area contributed by atoms with Gasteiger partial charge in [-0.2, -0.15) is 9.36 Å². The average Bonchev–Trinajstić information content (AvgIpc) is 3.23. The van der Waals surface area contributed by atoms with Gasteiger partial charge in [-0.05, 0) is 42.7 Å². The molecule has 1 aromatic heterocycles. The van der Waals surface area contributed by atoms with Crippen molar-refractivity contribution in [2.75, 3.05) is 0 Å². The van der Waals surface area contributed by atoms with Crippen molar-refractivity contribution in [3.63, 3.8) is 0 Å². The summed E-state index contributed by atoms with van der Waals surface area (Å²) in [5.41, 5.74) is 3.67. The third kappa shape index (κ3) is 5.35. The summed E-state index contributed by atoms with van der Waals surface area (Å²) >= 11 is 1.21. The second kappa shape index (κ2) is 9.53. The molecule has 1 atom stereocenters. The smallest absolute Gasteiger partial charge is 0.298 e. The largest absolute Gasteiger partial charge is 0.430 e. The van der Waals surface area contributed by atoms with Gasteiger partial charge in [0.15, 0.2) is 5.82 Å². The second-order valence-electron chi connectivity index (χ2n) is 7.33. The van der Waals surface area contributed by atoms with Crippen LogP contribution in [0.2, 0.25) is 0 Å². The molecule has 0 saturated heterocycles. The highest BCUT2D eigenvalue weighted by Crippen LogP contribution is 2.28. The monoisotopic (exact) mass is 429 g/mol. The zero-order valence-electron chi connectivity index (χ0n) is 17.4. The predicted molar refractivity (Wildman–Crippen MR) is 123 cm³/mol. The van der Waals surface area contributed by atoms with Crippen LogP contribution in [-0.2, 0) is 6.42 Å². The summed E-state index contributed by atoms with van der Waals surface area (Å²) in [7, 11) is 0. The molecule has 6 heteroatoms. The molecular formula is C25H23N3O2S. The highest BCUT2D eigenvalue weighted by Gasteiger charge is 2.15. The molecule has 156 valence electrons. The Morgan fingerprint density at radius 2 is 1.74 bits per heavy atom. The number of amides is 1. The van der Waals surface area contributed by atoms with Gasteiger partial charge in [-0.15, -0.1) is 0 Å². The summed E-state index contributed by atoms with van der Waals surface area (Å²) in [5.74, 6) is 1.17. The summed E-state index contributed by atoms with van der Waals surface area (Å²) < 4.78 is 10.4. The maximum Gasteiger partial charge on any atom is 0.298 e. The van der Waals surface area contributed by atoms with Crippen molar-refractivity contribution in [1.29, 1.82) is 0 Å². The van der Waals surface area contributed by atoms with E-state index in [1.54, 1.807) is 12.1 Å². The Morgan fingerprint density at radius 3 is 2.48 bits per heavy atom. The maximum absolute atomic E-state index is 12.8. The zero-order chi connectivity index (χ0) is 21.6. The third-order valence-corrected chi connectivity index (χ3v) is 5.58. The van der Waals surface area contributed by atoms with Crippen LogP contribution in [0.1, 0.15) is 45.8 Å². The van der Waals surface area contributed by atoms with E-state index >= 15 is 0 Å². The maximum atomic E-state index is 12.8. The number of ether oxygens (including phenoxy) is 1. The highest BCUT2D eigenvalue weighted by atomic mass is 32.1. The molecule has 31 heavy (non-hydrogen) atoms. The molecule has 1 heterocycles. The van der Waals surface area contributed by atoms with E-state index in [1.807, 2.05) is 80.6 Å². The van der Waals surface area contributed by atoms with Gasteiger partial charge in [-0.1, -0.05) is 66.7 Å². The van der Waals surface area contributed by atoms with E-state index < -0.39 is 0 Å². The summed E-state index contributed by atoms with van der Waals surface area (Å²) in [6.45, 7) is 3.91. The lowest BCUT2D eigenvalue weighted by Crippen LogP contribution is -2.26. The lowest BCUT2D eigenvalue weighted by Gasteiger charge is -2.15. The first-order valence-electron chi connectivity index (χ1n) is 10.1. The van der Waals surface area contributed by atoms with Gasteiger partial charge >= 0.3 is 0 Å². The number of hydrogen-bond acceptors (Lipinski definition) is 5. The molecule has 0 radical (unpaired) electrons. The molecule has 0 aliphatic carbocycles. The van der Waals surface area contributed by atoms with Gasteiger partial charge in [-0.3, -0.25) is 4.79 Å². The van der Waals surface area contributed by atoms with Crippen molar-refractivity contribution < 1.29 is 9.53 Å². The SMILES string of the molecule is Cc1ccc(C(=O)NC(C)c2ccccc2)cc1Oc1nc(Cc2ccccc2)ns1. The van der Waals surface area contributed by atoms with Crippen molar-refractivity contribution in [2.45, 2.75) is 26.3 Å². The van der Waals surface area contributed by atoms with Crippen molar-refractivity contribution >= 4 is 17.4 Å². The number of benzene rings is 3. The quantitative estimate of drug-likeness (QED) is 0.408. The van der Waals surface area contributed by atoms with Crippen molar-refractivity contribution in [3.8, 4) is 10.9 Å². The van der Waals surface area contributed by atoms with Gasteiger partial charge in [0, 0.05) is 23.5 Å². The third-order valence-electron chi connectivity index (χ3n) is 4.95. The molecule has 0 spiro atoms. The van der Waals surface area contributed by atoms with Gasteiger partial charge in [0.1, 0.15) is 5.75 Å². The number of aryl methyl sites for hydroxylation is 1. The van der Waals surface area contributed by atoms with Crippen LogP contribution in [0.4, 0.5) is 0 Å². The predicted octanol–water partition coefficient (Wildman–Crippen LogP) is 5.72. The minimum atomic E-state index is -0.150. The fourth-order valence-corrected chi connectivity index (χ4v) is 3.74. The van der Waals surface area contributed by atoms with Gasteiger partial charge in [-0.25, -0.2) is 0 Å². The molecule has 1 unspecified atom stereocenters. The zero-order valence-corrected chi connectivity index (χ0v) is 18.2. The van der Waals surface area contributed by atoms with Gasteiger partial charge < -0.3 is 10.1 Å². The minimum Gasteiger partial charge on any atom is -0.430 e. The lowest BCUT2D eigenvalue weighted by atomic mass is 10.1. The molecule has 0 saturated carbocycles. The van der Waals surface area contributed by atoms with Gasteiger partial charge in [0.2, 0.25) is 0 Å². The molecular weight excluding hydrogens is 406 g/mol. The molecule has 0 aliphatic rings. The fraction of sp³-hybridized carbons (Fsp3) is 0.160. The topological polar surface area (TPSA) is 64.1 Å². The highest BCUT2D eigenvalue weighted by molar-refractivity contribution is 7.07. The number of aromatic nitrogens is 2. The van der Waals surface area contributed by atoms with E-state index in [4.69, 9.17) is 4.74 Å². The van der Waals surface area contributed by atoms with Crippen LogP contribution < -0.4 is 10.1 Å². The van der Waals surface area contributed by atoms with E-state index in [1.165, 1.54) is 11.5 Å². The Labute approximate surface area is 185 Å². The molecule has 1 amide bonds. The van der Waals surface area contributed by atoms with Crippen LogP contribution in [0.3, 0.4) is 0 Å². The summed E-state index contributed by atoms with van der Waals surface area (Å²) in [4.78, 5) is 17.2. The Hall–Kier alpha value is -3.51. The Kier molecular flexibility index (Phi) is 6.38. The number of nitrogens with one attached hydrogen (secondary N) is 1. The number of nitrogens with zero attached hydrogens (tertiary/aromatic N) is 2. The standard InChI is InChI=1S/C25H23N3O2S/c1-17-13-14-21(24(29)26-18(2)20-11-7-4-8-12-20)16-22(17)30-25-27-23(28-31-25)15-19-9-5-3-6-10-19/h3-14,16,18H,15H2,1-2H3,(H,26,29). The Morgan fingerprint density at radius 1 is 1.03 bits per heavy atom. The van der Waals surface area contributed by atoms with E-state index in [-0.39, 0.29) is 11.9 Å². The molecule has 3 aromatic carbocycles. The van der Waals surface area contributed by atoms with Crippen molar-refractivity contribution in [3.05, 3.63) is 107 Å². The molecule has 1 N–H and O–H groups in total. The fourth-order valence-electron chi connectivity index (χ4n) is 3.18. The first-order chi connectivity index (χ1) is 15.1. The van der Waals surface area contributed by atoms with Crippen LogP contribution in [0.5, 0.6) is 10.9 Å². The van der Waals surface area contributed by atoms with E-state index in [0.717, 1.165) is 22.5 Å². The van der Waals surface area contributed by atoms with Crippen LogP contribution in [0, 0.1) is 6.92 Å². The lowest BCUT2D eigenvalue weighted by molar-refractivity contribution is 0.0939. The number of carbonyl (C=O) groups is 1. The minimum absolute atomic E-state index is 0.0944. The van der Waals surface area contributed by atoms with E-state index in [9.17, 15) is 4.79 Å². The number of carbonyl (C=O) groups excluding carboxylic acids is 1. The molecule has 0 aliphatic heterocycles. The number of rotatable bonds is 7. The van der Waals surface area contributed by atoms with Crippen LogP contribution in [0.25, 0.3) is 0 Å². The summed E-state index contributed by atoms with van der Waals surface area (Å²) in [6, 6.07) is 25.3. The van der Waals surface area contributed by atoms with Gasteiger partial charge in [0.25, 0.3) is 11.1 Å². The first-order valence-corrected chi connectivity index (χ1v) is 10.9. The van der Waals surface area contributed by atoms with Gasteiger partial charge in [0.05, 0.1) is 6.04 Å².